The minimum atomic E-state index is 0. The predicted octanol–water partition coefficient (Wildman–Crippen LogP) is 3.97. The summed E-state index contributed by atoms with van der Waals surface area (Å²) in [5, 5.41) is 6.68. The first kappa shape index (κ1) is 25.2. The van der Waals surface area contributed by atoms with Crippen molar-refractivity contribution in [2.45, 2.75) is 26.6 Å². The molecule has 1 aliphatic heterocycles. The largest absolute Gasteiger partial charge is 0.444 e. The van der Waals surface area contributed by atoms with E-state index in [4.69, 9.17) is 9.15 Å². The lowest BCUT2D eigenvalue weighted by atomic mass is 10.1. The molecule has 0 radical (unpaired) electrons. The smallest absolute Gasteiger partial charge is 0.226 e. The molecule has 2 N–H and O–H groups in total. The summed E-state index contributed by atoms with van der Waals surface area (Å²) >= 11 is 0. The molecule has 1 saturated heterocycles. The van der Waals surface area contributed by atoms with Crippen LogP contribution in [0, 0.1) is 6.92 Å². The number of benzene rings is 2. The standard InChI is InChI=1S/C25H31N5O2.HI/c1-19-6-8-22(9-7-19)24-29-23(18-32-24)16-28-25(26-2)27-15-20-4-3-5-21(14-20)17-30-10-12-31-13-11-30;/h3-9,14,18H,10-13,15-17H2,1-2H3,(H2,26,27,28);1H. The monoisotopic (exact) mass is 561 g/mol. The number of aliphatic imine (C=N–C) groups is 1. The molecule has 176 valence electrons. The van der Waals surface area contributed by atoms with Crippen LogP contribution in [-0.4, -0.2) is 49.2 Å². The van der Waals surface area contributed by atoms with E-state index in [1.165, 1.54) is 16.7 Å². The number of oxazole rings is 1. The molecule has 2 heterocycles. The van der Waals surface area contributed by atoms with Gasteiger partial charge in [-0.15, -0.1) is 24.0 Å². The molecule has 0 bridgehead atoms. The maximum absolute atomic E-state index is 5.64. The summed E-state index contributed by atoms with van der Waals surface area (Å²) in [6.45, 7) is 7.88. The quantitative estimate of drug-likeness (QED) is 0.259. The Kier molecular flexibility index (Phi) is 9.71. The fraction of sp³-hybridized carbons (Fsp3) is 0.360. The van der Waals surface area contributed by atoms with Gasteiger partial charge in [0.05, 0.1) is 25.5 Å². The minimum absolute atomic E-state index is 0. The van der Waals surface area contributed by atoms with E-state index in [0.717, 1.165) is 50.1 Å². The average molecular weight is 561 g/mol. The average Bonchev–Trinajstić information content (AvgIpc) is 3.30. The number of hydrogen-bond acceptors (Lipinski definition) is 5. The van der Waals surface area contributed by atoms with E-state index in [-0.39, 0.29) is 24.0 Å². The van der Waals surface area contributed by atoms with Crippen molar-refractivity contribution in [3.05, 3.63) is 77.2 Å². The highest BCUT2D eigenvalue weighted by Crippen LogP contribution is 2.19. The lowest BCUT2D eigenvalue weighted by Crippen LogP contribution is -2.36. The third-order valence-electron chi connectivity index (χ3n) is 5.47. The number of nitrogens with one attached hydrogen (secondary N) is 2. The number of guanidine groups is 1. The van der Waals surface area contributed by atoms with Crippen LogP contribution in [0.25, 0.3) is 11.5 Å². The lowest BCUT2D eigenvalue weighted by molar-refractivity contribution is 0.0342. The van der Waals surface area contributed by atoms with Crippen molar-refractivity contribution in [3.63, 3.8) is 0 Å². The van der Waals surface area contributed by atoms with Gasteiger partial charge < -0.3 is 19.8 Å². The van der Waals surface area contributed by atoms with Crippen LogP contribution in [0.3, 0.4) is 0 Å². The molecule has 3 aromatic rings. The molecule has 0 amide bonds. The molecule has 0 aliphatic carbocycles. The third-order valence-corrected chi connectivity index (χ3v) is 5.47. The van der Waals surface area contributed by atoms with E-state index >= 15 is 0 Å². The Morgan fingerprint density at radius 3 is 2.52 bits per heavy atom. The summed E-state index contributed by atoms with van der Waals surface area (Å²) in [4.78, 5) is 11.3. The molecule has 0 saturated carbocycles. The SMILES string of the molecule is CN=C(NCc1cccc(CN2CCOCC2)c1)NCc1coc(-c2ccc(C)cc2)n1.I. The van der Waals surface area contributed by atoms with Gasteiger partial charge in [0, 0.05) is 38.8 Å². The van der Waals surface area contributed by atoms with E-state index in [0.29, 0.717) is 19.0 Å². The van der Waals surface area contributed by atoms with Crippen LogP contribution in [-0.2, 0) is 24.4 Å². The van der Waals surface area contributed by atoms with Crippen LogP contribution in [0.1, 0.15) is 22.4 Å². The lowest BCUT2D eigenvalue weighted by Gasteiger charge is -2.26. The highest BCUT2D eigenvalue weighted by Gasteiger charge is 2.11. The number of hydrogen-bond donors (Lipinski definition) is 2. The van der Waals surface area contributed by atoms with Gasteiger partial charge in [-0.2, -0.15) is 0 Å². The number of nitrogens with zero attached hydrogens (tertiary/aromatic N) is 3. The molecule has 4 rings (SSSR count). The first-order valence-electron chi connectivity index (χ1n) is 11.0. The summed E-state index contributed by atoms with van der Waals surface area (Å²) in [7, 11) is 1.77. The highest BCUT2D eigenvalue weighted by molar-refractivity contribution is 14.0. The van der Waals surface area contributed by atoms with Crippen molar-refractivity contribution in [1.82, 2.24) is 20.5 Å². The fourth-order valence-electron chi connectivity index (χ4n) is 3.65. The molecule has 1 aromatic heterocycles. The van der Waals surface area contributed by atoms with E-state index in [2.05, 4.69) is 68.8 Å². The summed E-state index contributed by atoms with van der Waals surface area (Å²) in [5.41, 5.74) is 5.56. The summed E-state index contributed by atoms with van der Waals surface area (Å²) < 4.78 is 11.1. The van der Waals surface area contributed by atoms with Gasteiger partial charge in [0.1, 0.15) is 6.26 Å². The van der Waals surface area contributed by atoms with Crippen molar-refractivity contribution >= 4 is 29.9 Å². The van der Waals surface area contributed by atoms with E-state index in [1.54, 1.807) is 13.3 Å². The molecule has 0 atom stereocenters. The molecule has 1 fully saturated rings. The molecule has 0 unspecified atom stereocenters. The van der Waals surface area contributed by atoms with Crippen LogP contribution < -0.4 is 10.6 Å². The molecule has 0 spiro atoms. The zero-order valence-corrected chi connectivity index (χ0v) is 21.5. The van der Waals surface area contributed by atoms with Crippen LogP contribution in [0.15, 0.2) is 64.2 Å². The zero-order valence-electron chi connectivity index (χ0n) is 19.2. The Morgan fingerprint density at radius 2 is 1.76 bits per heavy atom. The summed E-state index contributed by atoms with van der Waals surface area (Å²) in [6, 6.07) is 16.8. The number of halogens is 1. The summed E-state index contributed by atoms with van der Waals surface area (Å²) in [5.74, 6) is 1.35. The van der Waals surface area contributed by atoms with Gasteiger partial charge in [-0.3, -0.25) is 9.89 Å². The van der Waals surface area contributed by atoms with Crippen molar-refractivity contribution in [2.24, 2.45) is 4.99 Å². The first-order valence-corrected chi connectivity index (χ1v) is 11.0. The van der Waals surface area contributed by atoms with E-state index in [9.17, 15) is 0 Å². The van der Waals surface area contributed by atoms with Crippen LogP contribution in [0.2, 0.25) is 0 Å². The van der Waals surface area contributed by atoms with Gasteiger partial charge in [-0.1, -0.05) is 42.0 Å². The summed E-state index contributed by atoms with van der Waals surface area (Å²) in [6.07, 6.45) is 1.69. The number of ether oxygens (including phenoxy) is 1. The van der Waals surface area contributed by atoms with Crippen LogP contribution in [0.5, 0.6) is 0 Å². The Hall–Kier alpha value is -2.43. The number of aryl methyl sites for hydroxylation is 1. The van der Waals surface area contributed by atoms with Crippen molar-refractivity contribution < 1.29 is 9.15 Å². The molecular weight excluding hydrogens is 529 g/mol. The van der Waals surface area contributed by atoms with Gasteiger partial charge in [-0.25, -0.2) is 4.98 Å². The Balaban J connectivity index is 0.00000306. The van der Waals surface area contributed by atoms with Gasteiger partial charge >= 0.3 is 0 Å². The topological polar surface area (TPSA) is 74.9 Å². The number of rotatable bonds is 7. The maximum atomic E-state index is 5.64. The maximum Gasteiger partial charge on any atom is 0.226 e. The molecule has 7 nitrogen and oxygen atoms in total. The second-order valence-electron chi connectivity index (χ2n) is 8.00. The Morgan fingerprint density at radius 1 is 1.03 bits per heavy atom. The zero-order chi connectivity index (χ0) is 22.2. The normalized spacial score (nSPS) is 14.5. The number of aromatic nitrogens is 1. The molecular formula is C25H32IN5O2. The van der Waals surface area contributed by atoms with Gasteiger partial charge in [0.15, 0.2) is 5.96 Å². The third kappa shape index (κ3) is 7.55. The highest BCUT2D eigenvalue weighted by atomic mass is 127. The minimum Gasteiger partial charge on any atom is -0.444 e. The fourth-order valence-corrected chi connectivity index (χ4v) is 3.65. The molecule has 2 aromatic carbocycles. The van der Waals surface area contributed by atoms with Gasteiger partial charge in [-0.05, 0) is 30.2 Å². The van der Waals surface area contributed by atoms with Gasteiger partial charge in [0.25, 0.3) is 0 Å². The second kappa shape index (κ2) is 12.7. The molecule has 1 aliphatic rings. The van der Waals surface area contributed by atoms with E-state index < -0.39 is 0 Å². The molecule has 8 heteroatoms. The molecule has 33 heavy (non-hydrogen) atoms. The van der Waals surface area contributed by atoms with Crippen molar-refractivity contribution in [2.75, 3.05) is 33.4 Å². The van der Waals surface area contributed by atoms with Crippen LogP contribution >= 0.6 is 24.0 Å². The van der Waals surface area contributed by atoms with Crippen molar-refractivity contribution in [1.29, 1.82) is 0 Å². The van der Waals surface area contributed by atoms with E-state index in [1.807, 2.05) is 12.1 Å². The van der Waals surface area contributed by atoms with Gasteiger partial charge in [0.2, 0.25) is 5.89 Å². The second-order valence-corrected chi connectivity index (χ2v) is 8.00. The van der Waals surface area contributed by atoms with Crippen molar-refractivity contribution in [3.8, 4) is 11.5 Å². The number of morpholine rings is 1. The Labute approximate surface area is 212 Å². The first-order chi connectivity index (χ1) is 15.7. The van der Waals surface area contributed by atoms with Crippen LogP contribution in [0.4, 0.5) is 0 Å². The predicted molar refractivity (Wildman–Crippen MR) is 142 cm³/mol. The Bertz CT molecular complexity index is 1030.